The molecule has 0 fully saturated rings. The van der Waals surface area contributed by atoms with Crippen LogP contribution in [-0.4, -0.2) is 11.6 Å². The average Bonchev–Trinajstić information content (AvgIpc) is 1.86. The highest BCUT2D eigenvalue weighted by Crippen LogP contribution is 1.77. The van der Waals surface area contributed by atoms with Crippen molar-refractivity contribution in [3.8, 4) is 0 Å². The molecule has 0 amide bonds. The van der Waals surface area contributed by atoms with Crippen LogP contribution in [0.2, 0.25) is 0 Å². The van der Waals surface area contributed by atoms with Crippen molar-refractivity contribution in [1.29, 1.82) is 0 Å². The molecule has 1 aliphatic heterocycles. The van der Waals surface area contributed by atoms with Gasteiger partial charge in [0.25, 0.3) is 0 Å². The van der Waals surface area contributed by atoms with E-state index in [9.17, 15) is 0 Å². The number of aliphatic imine (C=N–C) groups is 1. The van der Waals surface area contributed by atoms with Gasteiger partial charge < -0.3 is 0 Å². The highest BCUT2D eigenvalue weighted by atomic mass is 35.5. The lowest BCUT2D eigenvalue weighted by Gasteiger charge is -1.64. The number of rotatable bonds is 0. The number of hydrogen-bond donors (Lipinski definition) is 1. The second-order valence-corrected chi connectivity index (χ2v) is 1.08. The second-order valence-electron chi connectivity index (χ2n) is 0.726. The Morgan fingerprint density at radius 2 is 2.83 bits per heavy atom. The van der Waals surface area contributed by atoms with E-state index in [0.717, 1.165) is 0 Å². The fourth-order valence-corrected chi connectivity index (χ4v) is 0.245. The lowest BCUT2D eigenvalue weighted by atomic mass is 11.3. The molecular formula is C2HClN3+. The molecular weight excluding hydrogens is 101 g/mol. The van der Waals surface area contributed by atoms with Crippen molar-refractivity contribution in [3.05, 3.63) is 0 Å². The zero-order chi connectivity index (χ0) is 4.41. The molecule has 6 heavy (non-hydrogen) atoms. The summed E-state index contributed by atoms with van der Waals surface area (Å²) in [5.41, 5.74) is 2.35. The molecule has 3 nitrogen and oxygen atoms in total. The highest BCUT2D eigenvalue weighted by Gasteiger charge is 2.07. The van der Waals surface area contributed by atoms with Gasteiger partial charge in [0.15, 0.2) is 0 Å². The Hall–Kier alpha value is -0.570. The molecule has 1 N–H and O–H groups in total. The predicted octanol–water partition coefficient (Wildman–Crippen LogP) is -0.659. The van der Waals surface area contributed by atoms with Crippen LogP contribution < -0.4 is 10.5 Å². The maximum atomic E-state index is 5.19. The van der Waals surface area contributed by atoms with Crippen LogP contribution in [0.5, 0.6) is 0 Å². The molecule has 0 atom stereocenters. The summed E-state index contributed by atoms with van der Waals surface area (Å²) < 4.78 is 0. The Kier molecular flexibility index (Phi) is 0.759. The maximum absolute atomic E-state index is 5.19. The Labute approximate surface area is 39.7 Å². The molecule has 0 aliphatic carbocycles. The van der Waals surface area contributed by atoms with E-state index in [4.69, 9.17) is 11.6 Å². The third-order valence-corrected chi connectivity index (χ3v) is 0.515. The van der Waals surface area contributed by atoms with Gasteiger partial charge in [0.1, 0.15) is 0 Å². The summed E-state index contributed by atoms with van der Waals surface area (Å²) in [6.45, 7) is 0. The average molecular weight is 103 g/mol. The number of nitrogens with zero attached hydrogens (tertiary/aromatic N) is 2. The van der Waals surface area contributed by atoms with Crippen LogP contribution in [0.15, 0.2) is 4.99 Å². The minimum Gasteiger partial charge on any atom is -0.133 e. The van der Waals surface area contributed by atoms with Crippen molar-refractivity contribution in [1.82, 2.24) is 10.5 Å². The van der Waals surface area contributed by atoms with Gasteiger partial charge in [-0.15, -0.1) is 5.43 Å². The van der Waals surface area contributed by atoms with Gasteiger partial charge in [-0.25, -0.2) is 0 Å². The SMILES string of the molecule is ClC1=N[C]=[N+]N1. The molecule has 30 valence electrons. The van der Waals surface area contributed by atoms with E-state index in [0.29, 0.717) is 0 Å². The molecule has 1 rings (SSSR count). The molecule has 0 spiro atoms. The van der Waals surface area contributed by atoms with E-state index in [2.05, 4.69) is 21.9 Å². The minimum atomic E-state index is 0.273. The Bertz CT molecular complexity index is 105. The molecule has 1 heterocycles. The molecule has 1 aliphatic rings. The van der Waals surface area contributed by atoms with Gasteiger partial charge in [0, 0.05) is 4.99 Å². The van der Waals surface area contributed by atoms with Gasteiger partial charge in [-0.05, 0) is 11.6 Å². The fourth-order valence-electron chi connectivity index (χ4n) is 0.165. The van der Waals surface area contributed by atoms with Crippen molar-refractivity contribution in [3.63, 3.8) is 0 Å². The first-order valence-corrected chi connectivity index (χ1v) is 1.71. The smallest absolute Gasteiger partial charge is 0.133 e. The molecule has 0 bridgehead atoms. The largest absolute Gasteiger partial charge is 0.492 e. The fraction of sp³-hybridized carbons (Fsp3) is 0. The first-order valence-electron chi connectivity index (χ1n) is 1.33. The monoisotopic (exact) mass is 102 g/mol. The molecule has 0 aromatic carbocycles. The number of nitrogens with one attached hydrogen (secondary N) is 1. The van der Waals surface area contributed by atoms with Crippen LogP contribution in [0.25, 0.3) is 0 Å². The van der Waals surface area contributed by atoms with Crippen LogP contribution in [0, 0.1) is 0 Å². The lowest BCUT2D eigenvalue weighted by molar-refractivity contribution is 0.961. The molecule has 2 radical (unpaired) electrons. The Morgan fingerprint density at radius 1 is 2.00 bits per heavy atom. The normalized spacial score (nSPS) is 17.2. The van der Waals surface area contributed by atoms with Crippen LogP contribution in [0.3, 0.4) is 0 Å². The van der Waals surface area contributed by atoms with E-state index in [-0.39, 0.29) is 5.29 Å². The molecule has 0 aromatic heterocycles. The first kappa shape index (κ1) is 3.61. The molecule has 0 unspecified atom stereocenters. The zero-order valence-electron chi connectivity index (χ0n) is 2.77. The first-order chi connectivity index (χ1) is 2.89. The van der Waals surface area contributed by atoms with Gasteiger partial charge in [-0.3, -0.25) is 0 Å². The Morgan fingerprint density at radius 3 is 3.00 bits per heavy atom. The molecule has 0 aromatic rings. The topological polar surface area (TPSA) is 38.5 Å². The number of amidine groups is 1. The summed E-state index contributed by atoms with van der Waals surface area (Å²) in [6.07, 6.45) is 2.24. The molecule has 0 saturated carbocycles. The number of hydrogen-bond acceptors (Lipinski definition) is 3. The van der Waals surface area contributed by atoms with E-state index >= 15 is 0 Å². The molecule has 0 saturated heterocycles. The van der Waals surface area contributed by atoms with E-state index in [1.807, 2.05) is 0 Å². The third kappa shape index (κ3) is 0.490. The zero-order valence-corrected chi connectivity index (χ0v) is 3.53. The number of halogens is 1. The lowest BCUT2D eigenvalue weighted by Crippen LogP contribution is -2.13. The maximum Gasteiger partial charge on any atom is 0.492 e. The van der Waals surface area contributed by atoms with Crippen molar-refractivity contribution in [2.24, 2.45) is 4.99 Å². The molecule has 4 heteroatoms. The van der Waals surface area contributed by atoms with E-state index in [1.165, 1.54) is 0 Å². The van der Waals surface area contributed by atoms with Gasteiger partial charge >= 0.3 is 11.6 Å². The summed E-state index contributed by atoms with van der Waals surface area (Å²) in [5, 5.41) is 3.60. The van der Waals surface area contributed by atoms with E-state index in [1.54, 1.807) is 0 Å². The van der Waals surface area contributed by atoms with Crippen molar-refractivity contribution in [2.75, 3.05) is 0 Å². The van der Waals surface area contributed by atoms with Gasteiger partial charge in [0.2, 0.25) is 0 Å². The predicted molar refractivity (Wildman–Crippen MR) is 23.6 cm³/mol. The van der Waals surface area contributed by atoms with Crippen LogP contribution in [0.4, 0.5) is 0 Å². The summed E-state index contributed by atoms with van der Waals surface area (Å²) >= 11 is 5.19. The standard InChI is InChI=1S/C2HClN3/c3-2-4-1-5-6-2/h(H,4,6)/q+1. The second kappa shape index (κ2) is 1.26. The van der Waals surface area contributed by atoms with Crippen molar-refractivity contribution < 1.29 is 0 Å². The van der Waals surface area contributed by atoms with Crippen molar-refractivity contribution in [2.45, 2.75) is 0 Å². The van der Waals surface area contributed by atoms with Gasteiger partial charge in [0.05, 0.1) is 5.10 Å². The highest BCUT2D eigenvalue weighted by molar-refractivity contribution is 6.65. The number of hydrazone groups is 1. The summed E-state index contributed by atoms with van der Waals surface area (Å²) in [4.78, 5) is 3.39. The van der Waals surface area contributed by atoms with Crippen LogP contribution in [-0.2, 0) is 0 Å². The Balaban J connectivity index is 2.61. The quantitative estimate of drug-likeness (QED) is 0.405. The van der Waals surface area contributed by atoms with Gasteiger partial charge in [-0.1, -0.05) is 0 Å². The van der Waals surface area contributed by atoms with Crippen LogP contribution in [0.1, 0.15) is 0 Å². The van der Waals surface area contributed by atoms with Gasteiger partial charge in [-0.2, -0.15) is 0 Å². The summed E-state index contributed by atoms with van der Waals surface area (Å²) in [5.74, 6) is 0. The van der Waals surface area contributed by atoms with Crippen LogP contribution >= 0.6 is 11.6 Å². The van der Waals surface area contributed by atoms with E-state index < -0.39 is 0 Å². The third-order valence-electron chi connectivity index (χ3n) is 0.346. The summed E-state index contributed by atoms with van der Waals surface area (Å²) in [7, 11) is 0. The minimum absolute atomic E-state index is 0.273. The summed E-state index contributed by atoms with van der Waals surface area (Å²) in [6, 6.07) is 0. The van der Waals surface area contributed by atoms with Crippen molar-refractivity contribution >= 4 is 23.2 Å².